The van der Waals surface area contributed by atoms with Gasteiger partial charge in [-0.05, 0) is 49.7 Å². The highest BCUT2D eigenvalue weighted by Gasteiger charge is 2.34. The number of rotatable bonds is 10. The summed E-state index contributed by atoms with van der Waals surface area (Å²) in [6.45, 7) is 3.33. The molecule has 200 valence electrons. The van der Waals surface area contributed by atoms with Gasteiger partial charge in [-0.2, -0.15) is 0 Å². The van der Waals surface area contributed by atoms with Crippen LogP contribution in [0.25, 0.3) is 17.1 Å². The van der Waals surface area contributed by atoms with Crippen LogP contribution in [-0.4, -0.2) is 59.7 Å². The molecule has 2 atom stereocenters. The molecule has 0 aliphatic heterocycles. The SMILES string of the molecule is COc1cccc(OC)c1-n1c(NS(=O)(=O)[C@H](C)[C@@H](OC)c2ccc(F)cn2)nnc1-c1cncc(C)c1. The Balaban J connectivity index is 1.84. The number of methoxy groups -OCH3 is 3. The summed E-state index contributed by atoms with van der Waals surface area (Å²) in [6, 6.07) is 9.56. The Kier molecular flexibility index (Phi) is 7.88. The molecule has 0 unspecified atom stereocenters. The summed E-state index contributed by atoms with van der Waals surface area (Å²) in [5.41, 5.74) is 2.10. The highest BCUT2D eigenvalue weighted by molar-refractivity contribution is 7.93. The number of aryl methyl sites for hydroxylation is 1. The topological polar surface area (TPSA) is 130 Å². The molecule has 0 amide bonds. The molecule has 3 aromatic heterocycles. The lowest BCUT2D eigenvalue weighted by molar-refractivity contribution is 0.0988. The van der Waals surface area contributed by atoms with Crippen molar-refractivity contribution in [1.29, 1.82) is 0 Å². The zero-order chi connectivity index (χ0) is 27.4. The lowest BCUT2D eigenvalue weighted by Crippen LogP contribution is -2.33. The minimum atomic E-state index is -4.16. The summed E-state index contributed by atoms with van der Waals surface area (Å²) in [4.78, 5) is 8.22. The van der Waals surface area contributed by atoms with Crippen LogP contribution in [0.5, 0.6) is 11.5 Å². The summed E-state index contributed by atoms with van der Waals surface area (Å²) in [6.07, 6.45) is 3.29. The van der Waals surface area contributed by atoms with Crippen molar-refractivity contribution in [2.24, 2.45) is 0 Å². The van der Waals surface area contributed by atoms with Crippen LogP contribution in [0.1, 0.15) is 24.3 Å². The van der Waals surface area contributed by atoms with Gasteiger partial charge in [-0.1, -0.05) is 6.07 Å². The van der Waals surface area contributed by atoms with Gasteiger partial charge in [0.2, 0.25) is 16.0 Å². The Morgan fingerprint density at radius 2 is 1.71 bits per heavy atom. The third-order valence-corrected chi connectivity index (χ3v) is 7.56. The number of benzene rings is 1. The number of nitrogens with zero attached hydrogens (tertiary/aromatic N) is 5. The number of ether oxygens (including phenoxy) is 3. The fourth-order valence-corrected chi connectivity index (χ4v) is 5.12. The molecular formula is C25H27FN6O5S. The molecule has 4 aromatic rings. The first-order valence-electron chi connectivity index (χ1n) is 11.4. The highest BCUT2D eigenvalue weighted by atomic mass is 32.2. The normalized spacial score (nSPS) is 13.1. The van der Waals surface area contributed by atoms with E-state index in [1.165, 1.54) is 45.0 Å². The monoisotopic (exact) mass is 542 g/mol. The molecule has 38 heavy (non-hydrogen) atoms. The van der Waals surface area contributed by atoms with Gasteiger partial charge in [0.05, 0.1) is 26.1 Å². The van der Waals surface area contributed by atoms with E-state index >= 15 is 0 Å². The first-order chi connectivity index (χ1) is 18.2. The fraction of sp³-hybridized carbons (Fsp3) is 0.280. The maximum Gasteiger partial charge on any atom is 0.243 e. The fourth-order valence-electron chi connectivity index (χ4n) is 3.97. The van der Waals surface area contributed by atoms with E-state index in [0.29, 0.717) is 28.6 Å². The van der Waals surface area contributed by atoms with E-state index in [0.717, 1.165) is 11.8 Å². The second kappa shape index (κ2) is 11.1. The molecular weight excluding hydrogens is 515 g/mol. The van der Waals surface area contributed by atoms with Crippen molar-refractivity contribution < 1.29 is 27.0 Å². The van der Waals surface area contributed by atoms with Gasteiger partial charge >= 0.3 is 0 Å². The van der Waals surface area contributed by atoms with Crippen LogP contribution in [-0.2, 0) is 14.8 Å². The van der Waals surface area contributed by atoms with E-state index < -0.39 is 27.2 Å². The number of halogens is 1. The number of aromatic nitrogens is 5. The number of anilines is 1. The van der Waals surface area contributed by atoms with Crippen molar-refractivity contribution in [3.8, 4) is 28.6 Å². The predicted octanol–water partition coefficient (Wildman–Crippen LogP) is 3.71. The lowest BCUT2D eigenvalue weighted by atomic mass is 10.2. The molecule has 3 heterocycles. The van der Waals surface area contributed by atoms with Crippen molar-refractivity contribution in [2.75, 3.05) is 26.1 Å². The lowest BCUT2D eigenvalue weighted by Gasteiger charge is -2.23. The molecule has 13 heteroatoms. The number of sulfonamides is 1. The molecule has 11 nitrogen and oxygen atoms in total. The zero-order valence-corrected chi connectivity index (χ0v) is 22.2. The summed E-state index contributed by atoms with van der Waals surface area (Å²) < 4.78 is 61.2. The molecule has 0 aliphatic carbocycles. The van der Waals surface area contributed by atoms with Crippen molar-refractivity contribution in [2.45, 2.75) is 25.2 Å². The van der Waals surface area contributed by atoms with E-state index in [-0.39, 0.29) is 11.6 Å². The number of para-hydroxylation sites is 1. The summed E-state index contributed by atoms with van der Waals surface area (Å²) in [7, 11) is 0.170. The maximum absolute atomic E-state index is 13.6. The number of nitrogens with one attached hydrogen (secondary N) is 1. The highest BCUT2D eigenvalue weighted by Crippen LogP contribution is 2.38. The first-order valence-corrected chi connectivity index (χ1v) is 13.0. The molecule has 0 saturated heterocycles. The van der Waals surface area contributed by atoms with Gasteiger partial charge in [0.25, 0.3) is 0 Å². The van der Waals surface area contributed by atoms with E-state index in [1.807, 2.05) is 13.0 Å². The molecule has 0 bridgehead atoms. The van der Waals surface area contributed by atoms with Crippen LogP contribution < -0.4 is 14.2 Å². The van der Waals surface area contributed by atoms with Crippen molar-refractivity contribution >= 4 is 16.0 Å². The van der Waals surface area contributed by atoms with E-state index in [1.54, 1.807) is 30.6 Å². The van der Waals surface area contributed by atoms with E-state index in [9.17, 15) is 12.8 Å². The Morgan fingerprint density at radius 3 is 2.29 bits per heavy atom. The zero-order valence-electron chi connectivity index (χ0n) is 21.4. The average Bonchev–Trinajstić information content (AvgIpc) is 3.31. The summed E-state index contributed by atoms with van der Waals surface area (Å²) in [5, 5.41) is 7.29. The molecule has 0 fully saturated rings. The summed E-state index contributed by atoms with van der Waals surface area (Å²) >= 11 is 0. The van der Waals surface area contributed by atoms with Gasteiger partial charge in [0, 0.05) is 25.1 Å². The van der Waals surface area contributed by atoms with Crippen LogP contribution in [0.3, 0.4) is 0 Å². The second-order valence-electron chi connectivity index (χ2n) is 8.35. The van der Waals surface area contributed by atoms with Gasteiger partial charge < -0.3 is 14.2 Å². The quantitative estimate of drug-likeness (QED) is 0.319. The molecule has 0 saturated carbocycles. The Hall–Kier alpha value is -4.10. The van der Waals surface area contributed by atoms with Crippen LogP contribution in [0.15, 0.2) is 55.0 Å². The molecule has 0 radical (unpaired) electrons. The van der Waals surface area contributed by atoms with Crippen LogP contribution in [0, 0.1) is 12.7 Å². The van der Waals surface area contributed by atoms with Gasteiger partial charge in [-0.25, -0.2) is 12.8 Å². The van der Waals surface area contributed by atoms with Gasteiger partial charge in [0.1, 0.15) is 34.4 Å². The Labute approximate surface area is 219 Å². The van der Waals surface area contributed by atoms with Crippen molar-refractivity contribution in [3.05, 3.63) is 72.1 Å². The molecule has 1 aromatic carbocycles. The van der Waals surface area contributed by atoms with Crippen LogP contribution >= 0.6 is 0 Å². The second-order valence-corrected chi connectivity index (χ2v) is 10.4. The first kappa shape index (κ1) is 26.9. The van der Waals surface area contributed by atoms with Crippen molar-refractivity contribution in [3.63, 3.8) is 0 Å². The van der Waals surface area contributed by atoms with Crippen LogP contribution in [0.4, 0.5) is 10.3 Å². The molecule has 0 spiro atoms. The predicted molar refractivity (Wildman–Crippen MR) is 138 cm³/mol. The number of hydrogen-bond donors (Lipinski definition) is 1. The molecule has 1 N–H and O–H groups in total. The third kappa shape index (κ3) is 5.29. The average molecular weight is 543 g/mol. The summed E-state index contributed by atoms with van der Waals surface area (Å²) in [5.74, 6) is 0.430. The minimum absolute atomic E-state index is 0.113. The largest absolute Gasteiger partial charge is 0.494 e. The van der Waals surface area contributed by atoms with Crippen LogP contribution in [0.2, 0.25) is 0 Å². The Bertz CT molecular complexity index is 1510. The van der Waals surface area contributed by atoms with Gasteiger partial charge in [0.15, 0.2) is 5.82 Å². The van der Waals surface area contributed by atoms with E-state index in [4.69, 9.17) is 14.2 Å². The Morgan fingerprint density at radius 1 is 1.00 bits per heavy atom. The third-order valence-electron chi connectivity index (χ3n) is 5.87. The number of hydrogen-bond acceptors (Lipinski definition) is 9. The van der Waals surface area contributed by atoms with Crippen molar-refractivity contribution in [1.82, 2.24) is 24.7 Å². The standard InChI is InChI=1S/C25H27FN6O5S/c1-15-11-17(13-27-12-15)24-29-30-25(32(24)22-20(35-3)7-6-8-21(22)36-4)31-38(33,34)16(2)23(37-5)19-10-9-18(26)14-28-19/h6-14,16,23H,1-5H3,(H,30,31)/t16-,23-/m1/s1. The molecule has 4 rings (SSSR count). The minimum Gasteiger partial charge on any atom is -0.494 e. The maximum atomic E-state index is 13.6. The van der Waals surface area contributed by atoms with Gasteiger partial charge in [-0.3, -0.25) is 19.3 Å². The smallest absolute Gasteiger partial charge is 0.243 e. The number of pyridine rings is 2. The molecule has 0 aliphatic rings. The van der Waals surface area contributed by atoms with E-state index in [2.05, 4.69) is 24.9 Å². The van der Waals surface area contributed by atoms with Gasteiger partial charge in [-0.15, -0.1) is 10.2 Å².